The molecule has 2 aromatic carbocycles. The number of benzene rings is 2. The zero-order valence-electron chi connectivity index (χ0n) is 19.2. The van der Waals surface area contributed by atoms with Crippen LogP contribution in [-0.2, 0) is 24.4 Å². The minimum Gasteiger partial charge on any atom is -0.352 e. The number of carbonyl (C=O) groups excluding carboxylic acids is 1. The zero-order valence-corrected chi connectivity index (χ0v) is 20.8. The standard InChI is InChI=1S/C27H36BrN3O/c1-21-11-14-30(15-12-21)19-24-5-2-4-23(16-24)17-29-27(32)25-6-3-13-31(20-25)18-22-7-9-26(28)10-8-22/h2,4-5,7-10,16,21,25H,3,6,11-15,17-20H2,1H3,(H,29,32). The van der Waals surface area contributed by atoms with Crippen LogP contribution in [0.4, 0.5) is 0 Å². The van der Waals surface area contributed by atoms with E-state index in [2.05, 4.69) is 86.5 Å². The topological polar surface area (TPSA) is 35.6 Å². The Kier molecular flexibility index (Phi) is 8.39. The molecule has 2 fully saturated rings. The summed E-state index contributed by atoms with van der Waals surface area (Å²) in [5, 5.41) is 3.21. The first-order chi connectivity index (χ1) is 15.5. The molecule has 172 valence electrons. The predicted molar refractivity (Wildman–Crippen MR) is 134 cm³/mol. The third-order valence-corrected chi connectivity index (χ3v) is 7.46. The van der Waals surface area contributed by atoms with Gasteiger partial charge in [0.05, 0.1) is 5.92 Å². The number of carbonyl (C=O) groups is 1. The highest BCUT2D eigenvalue weighted by Gasteiger charge is 2.25. The Hall–Kier alpha value is -1.69. The molecular weight excluding hydrogens is 462 g/mol. The maximum Gasteiger partial charge on any atom is 0.224 e. The summed E-state index contributed by atoms with van der Waals surface area (Å²) in [5.41, 5.74) is 3.85. The van der Waals surface area contributed by atoms with Gasteiger partial charge < -0.3 is 5.32 Å². The van der Waals surface area contributed by atoms with Crippen LogP contribution in [0.1, 0.15) is 49.3 Å². The first kappa shape index (κ1) is 23.5. The van der Waals surface area contributed by atoms with Crippen molar-refractivity contribution in [2.75, 3.05) is 26.2 Å². The van der Waals surface area contributed by atoms with E-state index in [9.17, 15) is 4.79 Å². The maximum atomic E-state index is 12.9. The first-order valence-corrected chi connectivity index (χ1v) is 12.9. The summed E-state index contributed by atoms with van der Waals surface area (Å²) in [6.45, 7) is 9.20. The summed E-state index contributed by atoms with van der Waals surface area (Å²) < 4.78 is 1.10. The van der Waals surface area contributed by atoms with E-state index in [4.69, 9.17) is 0 Å². The molecule has 4 rings (SSSR count). The van der Waals surface area contributed by atoms with E-state index >= 15 is 0 Å². The molecule has 0 aromatic heterocycles. The van der Waals surface area contributed by atoms with Crippen molar-refractivity contribution in [3.63, 3.8) is 0 Å². The summed E-state index contributed by atoms with van der Waals surface area (Å²) in [6, 6.07) is 17.2. The summed E-state index contributed by atoms with van der Waals surface area (Å²) in [5.74, 6) is 1.14. The molecular formula is C27H36BrN3O. The number of rotatable bonds is 7. The van der Waals surface area contributed by atoms with Gasteiger partial charge in [-0.15, -0.1) is 0 Å². The lowest BCUT2D eigenvalue weighted by atomic mass is 9.96. The molecule has 1 N–H and O–H groups in total. The van der Waals surface area contributed by atoms with Crippen molar-refractivity contribution in [1.82, 2.24) is 15.1 Å². The molecule has 1 amide bonds. The predicted octanol–water partition coefficient (Wildman–Crippen LogP) is 5.21. The quantitative estimate of drug-likeness (QED) is 0.570. The molecule has 0 saturated carbocycles. The number of amides is 1. The third kappa shape index (κ3) is 6.90. The van der Waals surface area contributed by atoms with Crippen molar-refractivity contribution in [1.29, 1.82) is 0 Å². The van der Waals surface area contributed by atoms with E-state index in [1.54, 1.807) is 0 Å². The fraction of sp³-hybridized carbons (Fsp3) is 0.519. The van der Waals surface area contributed by atoms with Crippen molar-refractivity contribution < 1.29 is 4.79 Å². The highest BCUT2D eigenvalue weighted by molar-refractivity contribution is 9.10. The highest BCUT2D eigenvalue weighted by Crippen LogP contribution is 2.21. The number of hydrogen-bond donors (Lipinski definition) is 1. The van der Waals surface area contributed by atoms with Gasteiger partial charge in [0.25, 0.3) is 0 Å². The molecule has 0 radical (unpaired) electrons. The van der Waals surface area contributed by atoms with Crippen LogP contribution in [-0.4, -0.2) is 41.9 Å². The van der Waals surface area contributed by atoms with E-state index in [1.165, 1.54) is 42.6 Å². The smallest absolute Gasteiger partial charge is 0.224 e. The largest absolute Gasteiger partial charge is 0.352 e. The Morgan fingerprint density at radius 3 is 2.44 bits per heavy atom. The van der Waals surface area contributed by atoms with Crippen LogP contribution in [0.3, 0.4) is 0 Å². The second kappa shape index (κ2) is 11.4. The molecule has 0 spiro atoms. The molecule has 2 heterocycles. The van der Waals surface area contributed by atoms with Gasteiger partial charge in [-0.25, -0.2) is 0 Å². The summed E-state index contributed by atoms with van der Waals surface area (Å²) in [7, 11) is 0. The molecule has 2 aliphatic heterocycles. The number of likely N-dealkylation sites (tertiary alicyclic amines) is 2. The molecule has 1 atom stereocenters. The van der Waals surface area contributed by atoms with Gasteiger partial charge in [-0.2, -0.15) is 0 Å². The number of hydrogen-bond acceptors (Lipinski definition) is 3. The molecule has 4 nitrogen and oxygen atoms in total. The third-order valence-electron chi connectivity index (χ3n) is 6.94. The summed E-state index contributed by atoms with van der Waals surface area (Å²) in [4.78, 5) is 17.9. The molecule has 2 aromatic rings. The van der Waals surface area contributed by atoms with E-state index in [0.717, 1.165) is 49.4 Å². The molecule has 0 bridgehead atoms. The van der Waals surface area contributed by atoms with Gasteiger partial charge in [-0.05, 0) is 80.1 Å². The SMILES string of the molecule is CC1CCN(Cc2cccc(CNC(=O)C3CCCN(Cc4ccc(Br)cc4)C3)c2)CC1. The average molecular weight is 499 g/mol. The van der Waals surface area contributed by atoms with Gasteiger partial charge in [0, 0.05) is 30.7 Å². The highest BCUT2D eigenvalue weighted by atomic mass is 79.9. The Balaban J connectivity index is 1.25. The minimum atomic E-state index is 0.0812. The molecule has 5 heteroatoms. The molecule has 2 aliphatic rings. The Bertz CT molecular complexity index is 877. The lowest BCUT2D eigenvalue weighted by molar-refractivity contribution is -0.126. The normalized spacial score (nSPS) is 20.9. The van der Waals surface area contributed by atoms with Crippen LogP contribution >= 0.6 is 15.9 Å². The zero-order chi connectivity index (χ0) is 22.3. The van der Waals surface area contributed by atoms with Crippen molar-refractivity contribution in [2.45, 2.75) is 52.2 Å². The second-order valence-electron chi connectivity index (χ2n) is 9.70. The van der Waals surface area contributed by atoms with Gasteiger partial charge in [0.2, 0.25) is 5.91 Å². The van der Waals surface area contributed by atoms with E-state index in [0.29, 0.717) is 6.54 Å². The van der Waals surface area contributed by atoms with Gasteiger partial charge >= 0.3 is 0 Å². The van der Waals surface area contributed by atoms with E-state index in [-0.39, 0.29) is 11.8 Å². The fourth-order valence-electron chi connectivity index (χ4n) is 4.91. The lowest BCUT2D eigenvalue weighted by Gasteiger charge is -2.32. The summed E-state index contributed by atoms with van der Waals surface area (Å²) >= 11 is 3.50. The molecule has 2 saturated heterocycles. The maximum absolute atomic E-state index is 12.9. The van der Waals surface area contributed by atoms with Crippen molar-refractivity contribution in [3.8, 4) is 0 Å². The van der Waals surface area contributed by atoms with Gasteiger partial charge in [0.15, 0.2) is 0 Å². The molecule has 32 heavy (non-hydrogen) atoms. The number of nitrogens with one attached hydrogen (secondary N) is 1. The Labute approximate surface area is 201 Å². The Morgan fingerprint density at radius 2 is 1.66 bits per heavy atom. The Morgan fingerprint density at radius 1 is 0.938 bits per heavy atom. The van der Waals surface area contributed by atoms with Crippen LogP contribution in [0.15, 0.2) is 53.0 Å². The molecule has 0 aliphatic carbocycles. The average Bonchev–Trinajstić information content (AvgIpc) is 2.81. The van der Waals surface area contributed by atoms with E-state index in [1.807, 2.05) is 0 Å². The number of halogens is 1. The van der Waals surface area contributed by atoms with Gasteiger partial charge in [-0.1, -0.05) is 59.3 Å². The number of piperidine rings is 2. The summed E-state index contributed by atoms with van der Waals surface area (Å²) in [6.07, 6.45) is 4.67. The van der Waals surface area contributed by atoms with Crippen LogP contribution in [0.5, 0.6) is 0 Å². The van der Waals surface area contributed by atoms with Crippen LogP contribution < -0.4 is 5.32 Å². The fourth-order valence-corrected chi connectivity index (χ4v) is 5.18. The van der Waals surface area contributed by atoms with Crippen LogP contribution in [0.25, 0.3) is 0 Å². The van der Waals surface area contributed by atoms with Crippen molar-refractivity contribution in [3.05, 3.63) is 69.7 Å². The van der Waals surface area contributed by atoms with Crippen molar-refractivity contribution >= 4 is 21.8 Å². The van der Waals surface area contributed by atoms with Crippen molar-refractivity contribution in [2.24, 2.45) is 11.8 Å². The lowest BCUT2D eigenvalue weighted by Crippen LogP contribution is -2.42. The van der Waals surface area contributed by atoms with Gasteiger partial charge in [-0.3, -0.25) is 14.6 Å². The van der Waals surface area contributed by atoms with Gasteiger partial charge in [0.1, 0.15) is 0 Å². The number of nitrogens with zero attached hydrogens (tertiary/aromatic N) is 2. The first-order valence-electron chi connectivity index (χ1n) is 12.1. The van der Waals surface area contributed by atoms with Crippen LogP contribution in [0.2, 0.25) is 0 Å². The van der Waals surface area contributed by atoms with Crippen LogP contribution in [0, 0.1) is 11.8 Å². The second-order valence-corrected chi connectivity index (χ2v) is 10.6. The monoisotopic (exact) mass is 497 g/mol. The molecule has 1 unspecified atom stereocenters. The minimum absolute atomic E-state index is 0.0812. The van der Waals surface area contributed by atoms with E-state index < -0.39 is 0 Å².